The molecule has 2 heterocycles. The predicted octanol–water partition coefficient (Wildman–Crippen LogP) is 3.00. The maximum Gasteiger partial charge on any atom is 0.250 e. The van der Waals surface area contributed by atoms with Gasteiger partial charge in [-0.1, -0.05) is 43.2 Å². The summed E-state index contributed by atoms with van der Waals surface area (Å²) in [6.45, 7) is 2.07. The molecule has 0 saturated heterocycles. The van der Waals surface area contributed by atoms with Crippen molar-refractivity contribution in [3.8, 4) is 17.3 Å². The lowest BCUT2D eigenvalue weighted by Gasteiger charge is -2.04. The summed E-state index contributed by atoms with van der Waals surface area (Å²) in [4.78, 5) is 0. The summed E-state index contributed by atoms with van der Waals surface area (Å²) in [5.41, 5.74) is 1.82. The second kappa shape index (κ2) is 6.40. The zero-order valence-electron chi connectivity index (χ0n) is 14.0. The molecular formula is C19H17N3O2S2. The smallest absolute Gasteiger partial charge is 0.230 e. The molecule has 2 aromatic heterocycles. The van der Waals surface area contributed by atoms with E-state index in [-0.39, 0.29) is 22.1 Å². The number of sulfonamides is 1. The largest absolute Gasteiger partial charge is 0.250 e. The topological polar surface area (TPSA) is 64.0 Å². The summed E-state index contributed by atoms with van der Waals surface area (Å²) in [5, 5.41) is 4.86. The summed E-state index contributed by atoms with van der Waals surface area (Å²) in [6.07, 6.45) is 8.62. The van der Waals surface area contributed by atoms with Gasteiger partial charge in [-0.3, -0.25) is 0 Å². The fourth-order valence-corrected chi connectivity index (χ4v) is 5.76. The molecule has 1 aromatic carbocycles. The second-order valence-electron chi connectivity index (χ2n) is 6.35. The van der Waals surface area contributed by atoms with Crippen molar-refractivity contribution in [2.24, 2.45) is 5.92 Å². The number of terminal acetylenes is 1. The molecule has 1 N–H and O–H groups in total. The van der Waals surface area contributed by atoms with Gasteiger partial charge in [0.1, 0.15) is 9.21 Å². The minimum atomic E-state index is -3.57. The Labute approximate surface area is 156 Å². The van der Waals surface area contributed by atoms with Crippen LogP contribution < -0.4 is 4.72 Å². The van der Waals surface area contributed by atoms with Crippen LogP contribution in [0.5, 0.6) is 0 Å². The molecule has 1 saturated carbocycles. The van der Waals surface area contributed by atoms with Crippen molar-refractivity contribution in [3.05, 3.63) is 66.0 Å². The number of nitrogens with one attached hydrogen (secondary N) is 1. The maximum atomic E-state index is 12.7. The van der Waals surface area contributed by atoms with Crippen LogP contribution in [-0.4, -0.2) is 24.2 Å². The molecule has 1 aliphatic carbocycles. The van der Waals surface area contributed by atoms with Crippen LogP contribution in [0, 0.1) is 18.3 Å². The molecule has 3 atom stereocenters. The van der Waals surface area contributed by atoms with E-state index in [1.807, 2.05) is 30.3 Å². The standard InChI is InChI=1S/C19H17N3O2S2/c1-3-14-11-20-22(12-14)16-9-10-17(25-16)26(23,24)21-19-13(2)18(19)15-7-5-4-6-8-15/h1,4-13,18-19,21H,2H3/t13-,18-,19+/m1/s1. The normalized spacial score (nSPS) is 22.1. The molecule has 4 rings (SSSR count). The number of aromatic nitrogens is 2. The lowest BCUT2D eigenvalue weighted by atomic mass is 10.1. The quantitative estimate of drug-likeness (QED) is 0.689. The number of thiophene rings is 1. The third-order valence-electron chi connectivity index (χ3n) is 4.66. The van der Waals surface area contributed by atoms with E-state index in [4.69, 9.17) is 6.42 Å². The number of rotatable bonds is 5. The Morgan fingerprint density at radius 3 is 2.69 bits per heavy atom. The maximum absolute atomic E-state index is 12.7. The van der Waals surface area contributed by atoms with E-state index in [2.05, 4.69) is 22.7 Å². The molecule has 1 aliphatic rings. The summed E-state index contributed by atoms with van der Waals surface area (Å²) in [7, 11) is -3.57. The first-order chi connectivity index (χ1) is 12.5. The number of hydrogen-bond acceptors (Lipinski definition) is 4. The Bertz CT molecular complexity index is 1080. The highest BCUT2D eigenvalue weighted by Crippen LogP contribution is 2.48. The third-order valence-corrected chi connectivity index (χ3v) is 7.69. The van der Waals surface area contributed by atoms with Gasteiger partial charge in [-0.15, -0.1) is 17.8 Å². The summed E-state index contributed by atoms with van der Waals surface area (Å²) < 4.78 is 30.2. The Kier molecular flexibility index (Phi) is 4.19. The lowest BCUT2D eigenvalue weighted by Crippen LogP contribution is -2.27. The zero-order chi connectivity index (χ0) is 18.3. The van der Waals surface area contributed by atoms with Gasteiger partial charge in [-0.2, -0.15) is 5.10 Å². The van der Waals surface area contributed by atoms with Crippen LogP contribution in [0.25, 0.3) is 5.00 Å². The highest BCUT2D eigenvalue weighted by molar-refractivity contribution is 7.91. The van der Waals surface area contributed by atoms with E-state index in [0.29, 0.717) is 10.6 Å². The van der Waals surface area contributed by atoms with Gasteiger partial charge in [0.15, 0.2) is 0 Å². The molecule has 0 spiro atoms. The van der Waals surface area contributed by atoms with Crippen LogP contribution in [0.15, 0.2) is 59.1 Å². The average molecular weight is 383 g/mol. The summed E-state index contributed by atoms with van der Waals surface area (Å²) >= 11 is 1.17. The van der Waals surface area contributed by atoms with E-state index in [9.17, 15) is 8.42 Å². The summed E-state index contributed by atoms with van der Waals surface area (Å²) in [5.74, 6) is 3.00. The second-order valence-corrected chi connectivity index (χ2v) is 9.36. The van der Waals surface area contributed by atoms with Crippen LogP contribution >= 0.6 is 11.3 Å². The first-order valence-electron chi connectivity index (χ1n) is 8.18. The van der Waals surface area contributed by atoms with E-state index >= 15 is 0 Å². The zero-order valence-corrected chi connectivity index (χ0v) is 15.7. The molecule has 3 aromatic rings. The Hall–Kier alpha value is -2.40. The lowest BCUT2D eigenvalue weighted by molar-refractivity contribution is 0.580. The molecule has 1 fully saturated rings. The fraction of sp³-hybridized carbons (Fsp3) is 0.211. The van der Waals surface area contributed by atoms with Crippen LogP contribution in [0.1, 0.15) is 24.0 Å². The molecule has 0 bridgehead atoms. The molecule has 5 nitrogen and oxygen atoms in total. The van der Waals surface area contributed by atoms with Gasteiger partial charge < -0.3 is 0 Å². The molecule has 26 heavy (non-hydrogen) atoms. The van der Waals surface area contributed by atoms with Crippen molar-refractivity contribution >= 4 is 21.4 Å². The van der Waals surface area contributed by atoms with Gasteiger partial charge in [-0.05, 0) is 23.6 Å². The number of nitrogens with zero attached hydrogens (tertiary/aromatic N) is 2. The Balaban J connectivity index is 1.52. The van der Waals surface area contributed by atoms with E-state index in [1.165, 1.54) is 11.3 Å². The molecule has 0 radical (unpaired) electrons. The molecule has 7 heteroatoms. The first-order valence-corrected chi connectivity index (χ1v) is 10.5. The van der Waals surface area contributed by atoms with Crippen LogP contribution in [0.4, 0.5) is 0 Å². The van der Waals surface area contributed by atoms with E-state index in [0.717, 1.165) is 5.56 Å². The van der Waals surface area contributed by atoms with Crippen LogP contribution in [0.3, 0.4) is 0 Å². The fourth-order valence-electron chi connectivity index (χ4n) is 3.16. The van der Waals surface area contributed by atoms with E-state index < -0.39 is 10.0 Å². The van der Waals surface area contributed by atoms with Crippen molar-refractivity contribution in [1.29, 1.82) is 0 Å². The van der Waals surface area contributed by atoms with Gasteiger partial charge in [0.2, 0.25) is 10.0 Å². The van der Waals surface area contributed by atoms with Crippen molar-refractivity contribution in [1.82, 2.24) is 14.5 Å². The van der Waals surface area contributed by atoms with Crippen molar-refractivity contribution in [2.45, 2.75) is 23.1 Å². The molecule has 0 unspecified atom stereocenters. The number of hydrogen-bond donors (Lipinski definition) is 1. The highest BCUT2D eigenvalue weighted by Gasteiger charge is 2.49. The van der Waals surface area contributed by atoms with Crippen molar-refractivity contribution in [2.75, 3.05) is 0 Å². The summed E-state index contributed by atoms with van der Waals surface area (Å²) in [6, 6.07) is 13.3. The monoisotopic (exact) mass is 383 g/mol. The SMILES string of the molecule is C#Cc1cnn(-c2ccc(S(=O)(=O)N[C@H]3[C@H](C)[C@@H]3c3ccccc3)s2)c1. The van der Waals surface area contributed by atoms with Crippen molar-refractivity contribution in [3.63, 3.8) is 0 Å². The minimum absolute atomic E-state index is 0.0781. The van der Waals surface area contributed by atoms with E-state index in [1.54, 1.807) is 29.2 Å². The average Bonchev–Trinajstić information content (AvgIpc) is 3.09. The minimum Gasteiger partial charge on any atom is -0.230 e. The Morgan fingerprint density at radius 2 is 2.00 bits per heavy atom. The molecular weight excluding hydrogens is 366 g/mol. The highest BCUT2D eigenvalue weighted by atomic mass is 32.2. The van der Waals surface area contributed by atoms with Crippen LogP contribution in [0.2, 0.25) is 0 Å². The van der Waals surface area contributed by atoms with Crippen molar-refractivity contribution < 1.29 is 8.42 Å². The predicted molar refractivity (Wildman–Crippen MR) is 102 cm³/mol. The number of benzene rings is 1. The van der Waals surface area contributed by atoms with Crippen LogP contribution in [-0.2, 0) is 10.0 Å². The van der Waals surface area contributed by atoms with Gasteiger partial charge >= 0.3 is 0 Å². The van der Waals surface area contributed by atoms with Gasteiger partial charge in [0.25, 0.3) is 0 Å². The Morgan fingerprint density at radius 1 is 1.23 bits per heavy atom. The van der Waals surface area contributed by atoms with Gasteiger partial charge in [0, 0.05) is 18.2 Å². The third kappa shape index (κ3) is 3.07. The molecule has 132 valence electrons. The first kappa shape index (κ1) is 17.0. The molecule has 0 aliphatic heterocycles. The van der Waals surface area contributed by atoms with Gasteiger partial charge in [0.05, 0.1) is 11.8 Å². The van der Waals surface area contributed by atoms with Gasteiger partial charge in [-0.25, -0.2) is 17.8 Å². The molecule has 0 amide bonds.